The molecule has 1 aromatic carbocycles. The van der Waals surface area contributed by atoms with Gasteiger partial charge in [0.05, 0.1) is 5.69 Å². The normalized spacial score (nSPS) is 13.7. The van der Waals surface area contributed by atoms with Crippen LogP contribution >= 0.6 is 0 Å². The average Bonchev–Trinajstić information content (AvgIpc) is 2.29. The van der Waals surface area contributed by atoms with Gasteiger partial charge in [0.2, 0.25) is 5.96 Å². The summed E-state index contributed by atoms with van der Waals surface area (Å²) in [5, 5.41) is 3.62. The van der Waals surface area contributed by atoms with E-state index in [0.29, 0.717) is 0 Å². The van der Waals surface area contributed by atoms with Gasteiger partial charge in [0.15, 0.2) is 5.82 Å². The third-order valence-corrected chi connectivity index (χ3v) is 1.47. The highest BCUT2D eigenvalue weighted by molar-refractivity contribution is 5.93. The lowest BCUT2D eigenvalue weighted by atomic mass is 10.2. The van der Waals surface area contributed by atoms with Gasteiger partial charge in [0.25, 0.3) is 0 Å². The lowest BCUT2D eigenvalue weighted by Gasteiger charge is -1.96. The summed E-state index contributed by atoms with van der Waals surface area (Å²) in [6.45, 7) is 0. The first kappa shape index (κ1) is 7.02. The molecular formula is C7H4F2N3. The molecule has 0 amide bonds. The van der Waals surface area contributed by atoms with E-state index in [-0.39, 0.29) is 17.3 Å². The number of nitrogens with zero attached hydrogens (tertiary/aromatic N) is 2. The van der Waals surface area contributed by atoms with Crippen molar-refractivity contribution in [2.45, 2.75) is 0 Å². The molecule has 0 spiro atoms. The maximum Gasteiger partial charge on any atom is 0.221 e. The maximum atomic E-state index is 12.9. The topological polar surface area (TPSA) is 52.5 Å². The third-order valence-electron chi connectivity index (χ3n) is 1.47. The van der Waals surface area contributed by atoms with E-state index < -0.39 is 11.6 Å². The molecule has 12 heavy (non-hydrogen) atoms. The monoisotopic (exact) mass is 168 g/mol. The second-order valence-corrected chi connectivity index (χ2v) is 2.34. The van der Waals surface area contributed by atoms with Gasteiger partial charge >= 0.3 is 0 Å². The maximum absolute atomic E-state index is 12.9. The highest BCUT2D eigenvalue weighted by Crippen LogP contribution is 2.32. The minimum absolute atomic E-state index is 0.00824. The predicted octanol–water partition coefficient (Wildman–Crippen LogP) is 1.16. The fourth-order valence-corrected chi connectivity index (χ4v) is 1.01. The summed E-state index contributed by atoms with van der Waals surface area (Å²) in [6, 6.07) is 1.83. The molecule has 61 valence electrons. The van der Waals surface area contributed by atoms with Crippen LogP contribution in [0.4, 0.5) is 20.2 Å². The zero-order chi connectivity index (χ0) is 8.72. The van der Waals surface area contributed by atoms with Crippen molar-refractivity contribution >= 4 is 17.3 Å². The highest BCUT2D eigenvalue weighted by Gasteiger charge is 2.18. The number of hydrogen-bond acceptors (Lipinski definition) is 2. The van der Waals surface area contributed by atoms with E-state index in [1.165, 1.54) is 0 Å². The van der Waals surface area contributed by atoms with Gasteiger partial charge in [0, 0.05) is 12.1 Å². The van der Waals surface area contributed by atoms with E-state index in [9.17, 15) is 8.78 Å². The van der Waals surface area contributed by atoms with Gasteiger partial charge in [-0.15, -0.1) is 0 Å². The molecule has 0 atom stereocenters. The summed E-state index contributed by atoms with van der Waals surface area (Å²) in [6.07, 6.45) is 0. The first-order valence-corrected chi connectivity index (χ1v) is 3.22. The molecule has 0 fully saturated rings. The van der Waals surface area contributed by atoms with Gasteiger partial charge in [-0.25, -0.2) is 19.1 Å². The molecule has 1 aliphatic heterocycles. The van der Waals surface area contributed by atoms with Crippen LogP contribution in [0, 0.1) is 11.6 Å². The Bertz CT molecular complexity index is 373. The van der Waals surface area contributed by atoms with Crippen LogP contribution in [0.2, 0.25) is 0 Å². The van der Waals surface area contributed by atoms with Crippen molar-refractivity contribution in [3.05, 3.63) is 23.8 Å². The molecule has 0 saturated carbocycles. The number of nitrogens with two attached hydrogens (primary N) is 1. The van der Waals surface area contributed by atoms with Gasteiger partial charge in [-0.2, -0.15) is 0 Å². The van der Waals surface area contributed by atoms with Crippen LogP contribution in [0.3, 0.4) is 0 Å². The standard InChI is InChI=1S/C7H4F2N3/c8-3-1-4(9)6-5(2-3)11-7(10)12-6/h1-2H,(H2,10,12). The van der Waals surface area contributed by atoms with Gasteiger partial charge in [-0.1, -0.05) is 0 Å². The lowest BCUT2D eigenvalue weighted by Crippen LogP contribution is -2.17. The van der Waals surface area contributed by atoms with Crippen molar-refractivity contribution in [3.63, 3.8) is 0 Å². The molecule has 0 unspecified atom stereocenters. The van der Waals surface area contributed by atoms with E-state index in [1.54, 1.807) is 0 Å². The Labute approximate surface area is 66.9 Å². The molecule has 2 N–H and O–H groups in total. The smallest absolute Gasteiger partial charge is 0.221 e. The first-order valence-electron chi connectivity index (χ1n) is 3.22. The fourth-order valence-electron chi connectivity index (χ4n) is 1.01. The number of benzene rings is 1. The van der Waals surface area contributed by atoms with Crippen molar-refractivity contribution in [2.75, 3.05) is 0 Å². The van der Waals surface area contributed by atoms with Crippen LogP contribution in [0.5, 0.6) is 0 Å². The van der Waals surface area contributed by atoms with E-state index in [1.807, 2.05) is 0 Å². The Morgan fingerprint density at radius 3 is 2.75 bits per heavy atom. The van der Waals surface area contributed by atoms with Crippen LogP contribution in [0.15, 0.2) is 17.1 Å². The van der Waals surface area contributed by atoms with E-state index in [4.69, 9.17) is 5.73 Å². The Balaban J connectivity index is 2.62. The molecule has 0 aliphatic carbocycles. The van der Waals surface area contributed by atoms with Gasteiger partial charge < -0.3 is 5.73 Å². The van der Waals surface area contributed by atoms with Crippen LogP contribution in [0.1, 0.15) is 0 Å². The summed E-state index contributed by atoms with van der Waals surface area (Å²) in [5.74, 6) is -1.47. The third kappa shape index (κ3) is 0.903. The SMILES string of the molecule is NC1=Nc2c(F)cc(F)cc2[N]1. The Morgan fingerprint density at radius 1 is 1.25 bits per heavy atom. The molecule has 0 aromatic heterocycles. The summed E-state index contributed by atoms with van der Waals surface area (Å²) < 4.78 is 25.4. The Kier molecular flexibility index (Phi) is 1.27. The van der Waals surface area contributed by atoms with Gasteiger partial charge in [0.1, 0.15) is 11.5 Å². The van der Waals surface area contributed by atoms with Crippen molar-refractivity contribution in [1.82, 2.24) is 5.32 Å². The van der Waals surface area contributed by atoms with Crippen LogP contribution in [-0.2, 0) is 0 Å². The number of rotatable bonds is 0. The molecule has 1 radical (unpaired) electrons. The number of hydrogen-bond donors (Lipinski definition) is 1. The van der Waals surface area contributed by atoms with Crippen molar-refractivity contribution in [2.24, 2.45) is 10.7 Å². The van der Waals surface area contributed by atoms with Crippen LogP contribution < -0.4 is 11.1 Å². The minimum atomic E-state index is -0.741. The lowest BCUT2D eigenvalue weighted by molar-refractivity contribution is 0.585. The largest absolute Gasteiger partial charge is 0.368 e. The predicted molar refractivity (Wildman–Crippen MR) is 39.4 cm³/mol. The summed E-state index contributed by atoms with van der Waals surface area (Å²) >= 11 is 0. The molecule has 2 rings (SSSR count). The molecule has 3 nitrogen and oxygen atoms in total. The summed E-state index contributed by atoms with van der Waals surface area (Å²) in [4.78, 5) is 3.58. The zero-order valence-corrected chi connectivity index (χ0v) is 5.88. The Hall–Kier alpha value is -1.65. The Morgan fingerprint density at radius 2 is 2.00 bits per heavy atom. The number of aliphatic imine (C=N–C) groups is 1. The second-order valence-electron chi connectivity index (χ2n) is 2.34. The minimum Gasteiger partial charge on any atom is -0.368 e. The number of fused-ring (bicyclic) bond motifs is 1. The number of guanidine groups is 1. The summed E-state index contributed by atoms with van der Waals surface area (Å²) in [5.41, 5.74) is 5.35. The molecule has 1 heterocycles. The van der Waals surface area contributed by atoms with Crippen molar-refractivity contribution in [3.8, 4) is 0 Å². The molecule has 5 heteroatoms. The van der Waals surface area contributed by atoms with Crippen LogP contribution in [0.25, 0.3) is 0 Å². The van der Waals surface area contributed by atoms with E-state index >= 15 is 0 Å². The zero-order valence-electron chi connectivity index (χ0n) is 5.88. The fraction of sp³-hybridized carbons (Fsp3) is 0. The van der Waals surface area contributed by atoms with Gasteiger partial charge in [-0.05, 0) is 0 Å². The molecule has 0 saturated heterocycles. The molecule has 1 aromatic rings. The number of halogens is 2. The molecular weight excluding hydrogens is 164 g/mol. The van der Waals surface area contributed by atoms with Crippen molar-refractivity contribution < 1.29 is 8.78 Å². The van der Waals surface area contributed by atoms with E-state index in [0.717, 1.165) is 12.1 Å². The second kappa shape index (κ2) is 2.17. The van der Waals surface area contributed by atoms with Crippen LogP contribution in [-0.4, -0.2) is 5.96 Å². The summed E-state index contributed by atoms with van der Waals surface area (Å²) in [7, 11) is 0. The quantitative estimate of drug-likeness (QED) is 0.620. The van der Waals surface area contributed by atoms with Gasteiger partial charge in [-0.3, -0.25) is 0 Å². The highest BCUT2D eigenvalue weighted by atomic mass is 19.1. The van der Waals surface area contributed by atoms with E-state index in [2.05, 4.69) is 10.3 Å². The molecule has 0 bridgehead atoms. The first-order chi connectivity index (χ1) is 5.66. The van der Waals surface area contributed by atoms with Crippen molar-refractivity contribution in [1.29, 1.82) is 0 Å². The molecule has 1 aliphatic rings. The average molecular weight is 168 g/mol.